The average molecular weight is 235 g/mol. The Morgan fingerprint density at radius 3 is 2.31 bits per heavy atom. The molecule has 0 rings (SSSR count). The molecule has 76 valence electrons. The second-order valence-electron chi connectivity index (χ2n) is 4.58. The Balaban J connectivity index is 3.97. The molecule has 13 heavy (non-hydrogen) atoms. The van der Waals surface area contributed by atoms with Crippen LogP contribution in [0.1, 0.15) is 20.8 Å². The average Bonchev–Trinajstić information content (AvgIpc) is 1.96. The van der Waals surface area contributed by atoms with E-state index in [-0.39, 0.29) is 0 Å². The predicted molar refractivity (Wildman–Crippen MR) is 63.9 cm³/mol. The summed E-state index contributed by atoms with van der Waals surface area (Å²) >= 11 is 5.54. The first-order chi connectivity index (χ1) is 5.81. The van der Waals surface area contributed by atoms with Crippen molar-refractivity contribution < 1.29 is 4.43 Å². The summed E-state index contributed by atoms with van der Waals surface area (Å²) in [6.45, 7) is 11.9. The summed E-state index contributed by atoms with van der Waals surface area (Å²) in [6.07, 6.45) is 2.01. The number of hydrogen-bond donors (Lipinski definition) is 0. The second kappa shape index (κ2) is 5.34. The van der Waals surface area contributed by atoms with E-state index in [2.05, 4.69) is 33.9 Å². The summed E-state index contributed by atoms with van der Waals surface area (Å²) in [5.74, 6) is 0. The maximum atomic E-state index is 5.89. The lowest BCUT2D eigenvalue weighted by Gasteiger charge is -2.35. The lowest BCUT2D eigenvalue weighted by Crippen LogP contribution is -2.40. The molecule has 0 unspecified atom stereocenters. The molecule has 0 aliphatic heterocycles. The minimum absolute atomic E-state index is 0.296. The van der Waals surface area contributed by atoms with Crippen molar-refractivity contribution in [3.63, 3.8) is 0 Å². The van der Waals surface area contributed by atoms with Crippen LogP contribution in [0.5, 0.6) is 0 Å². The second-order valence-corrected chi connectivity index (χ2v) is 10.6. The molecule has 0 atom stereocenters. The van der Waals surface area contributed by atoms with Crippen LogP contribution in [-0.4, -0.2) is 23.8 Å². The van der Waals surface area contributed by atoms with Crippen molar-refractivity contribution in [1.29, 1.82) is 0 Å². The topological polar surface area (TPSA) is 9.23 Å². The van der Waals surface area contributed by atoms with Gasteiger partial charge in [-0.2, -0.15) is 11.1 Å². The Labute approximate surface area is 90.2 Å². The maximum absolute atomic E-state index is 5.89. The summed E-state index contributed by atoms with van der Waals surface area (Å²) in [4.78, 5) is 0. The maximum Gasteiger partial charge on any atom is 0.202 e. The van der Waals surface area contributed by atoms with Crippen LogP contribution in [0.15, 0.2) is 11.8 Å². The van der Waals surface area contributed by atoms with Crippen LogP contribution in [0.25, 0.3) is 0 Å². The highest BCUT2D eigenvalue weighted by Gasteiger charge is 2.36. The molecule has 1 nitrogen and oxygen atoms in total. The van der Waals surface area contributed by atoms with Gasteiger partial charge < -0.3 is 4.43 Å². The normalized spacial score (nSPS) is 14.0. The first-order valence-corrected chi connectivity index (χ1v) is 9.46. The van der Waals surface area contributed by atoms with E-state index in [4.69, 9.17) is 15.5 Å². The van der Waals surface area contributed by atoms with Gasteiger partial charge in [-0.25, -0.2) is 0 Å². The van der Waals surface area contributed by atoms with Crippen LogP contribution in [0.4, 0.5) is 0 Å². The van der Waals surface area contributed by atoms with E-state index in [1.54, 1.807) is 0 Å². The fourth-order valence-electron chi connectivity index (χ4n) is 0.566. The lowest BCUT2D eigenvalue weighted by atomic mass is 10.2. The van der Waals surface area contributed by atoms with Crippen molar-refractivity contribution in [2.45, 2.75) is 38.9 Å². The first kappa shape index (κ1) is 13.4. The molecule has 0 N–H and O–H groups in total. The molecule has 0 bridgehead atoms. The first-order valence-electron chi connectivity index (χ1n) is 4.46. The van der Waals surface area contributed by atoms with Gasteiger partial charge in [-0.15, -0.1) is 0 Å². The molecule has 0 spiro atoms. The molecule has 2 radical (unpaired) electrons. The van der Waals surface area contributed by atoms with Crippen molar-refractivity contribution >= 4 is 28.2 Å². The summed E-state index contributed by atoms with van der Waals surface area (Å²) in [5.41, 5.74) is 1.95. The zero-order chi connectivity index (χ0) is 10.5. The Morgan fingerprint density at radius 2 is 1.92 bits per heavy atom. The Hall–Kier alpha value is 0.424. The molecule has 0 aromatic heterocycles. The third-order valence-electron chi connectivity index (χ3n) is 2.53. The Morgan fingerprint density at radius 1 is 1.38 bits per heavy atom. The fraction of sp³-hybridized carbons (Fsp3) is 0.778. The molecule has 0 fully saturated rings. The highest BCUT2D eigenvalue weighted by atomic mass is 35.6. The Bertz CT molecular complexity index is 173. The Kier molecular flexibility index (Phi) is 5.51. The molecule has 0 heterocycles. The lowest BCUT2D eigenvalue weighted by molar-refractivity contribution is 0.328. The van der Waals surface area contributed by atoms with Gasteiger partial charge in [0.05, 0.1) is 6.61 Å². The molecule has 0 saturated heterocycles. The van der Waals surface area contributed by atoms with E-state index in [1.807, 2.05) is 11.8 Å². The van der Waals surface area contributed by atoms with E-state index >= 15 is 0 Å². The third-order valence-corrected chi connectivity index (χ3v) is 7.77. The van der Waals surface area contributed by atoms with E-state index in [0.717, 1.165) is 0 Å². The van der Waals surface area contributed by atoms with E-state index < -0.39 is 8.32 Å². The van der Waals surface area contributed by atoms with Crippen molar-refractivity contribution in [2.75, 3.05) is 6.61 Å². The molecule has 0 aliphatic rings. The van der Waals surface area contributed by atoms with Crippen LogP contribution in [0, 0.1) is 0 Å². The van der Waals surface area contributed by atoms with Crippen LogP contribution < -0.4 is 0 Å². The van der Waals surface area contributed by atoms with Crippen molar-refractivity contribution in [3.05, 3.63) is 11.8 Å². The van der Waals surface area contributed by atoms with E-state index in [0.29, 0.717) is 20.5 Å². The molecule has 0 aromatic carbocycles. The molecule has 0 saturated carbocycles. The van der Waals surface area contributed by atoms with Gasteiger partial charge in [0.1, 0.15) is 0 Å². The van der Waals surface area contributed by atoms with Gasteiger partial charge in [-0.1, -0.05) is 32.5 Å². The van der Waals surface area contributed by atoms with E-state index in [9.17, 15) is 0 Å². The van der Waals surface area contributed by atoms with Gasteiger partial charge in [0.2, 0.25) is 8.83 Å². The van der Waals surface area contributed by atoms with Crippen molar-refractivity contribution in [3.8, 4) is 0 Å². The van der Waals surface area contributed by atoms with E-state index in [1.165, 1.54) is 0 Å². The zero-order valence-corrected chi connectivity index (χ0v) is 11.9. The molecule has 0 amide bonds. The van der Waals surface area contributed by atoms with Crippen LogP contribution in [0.3, 0.4) is 0 Å². The van der Waals surface area contributed by atoms with Gasteiger partial charge >= 0.3 is 0 Å². The SMILES string of the molecule is CC(C)(C)[Si](C)(C)OCC=C[Si]Cl. The number of rotatable bonds is 4. The monoisotopic (exact) mass is 234 g/mol. The molecular formula is C9H19ClOSi2. The van der Waals surface area contributed by atoms with Crippen LogP contribution >= 0.6 is 11.1 Å². The quantitative estimate of drug-likeness (QED) is 0.536. The largest absolute Gasteiger partial charge is 0.413 e. The third kappa shape index (κ3) is 5.00. The minimum atomic E-state index is -1.55. The van der Waals surface area contributed by atoms with Crippen molar-refractivity contribution in [1.82, 2.24) is 0 Å². The van der Waals surface area contributed by atoms with Gasteiger partial charge in [0.15, 0.2) is 8.32 Å². The summed E-state index contributed by atoms with van der Waals surface area (Å²) in [6, 6.07) is 0. The zero-order valence-electron chi connectivity index (χ0n) is 9.15. The van der Waals surface area contributed by atoms with Crippen molar-refractivity contribution in [2.24, 2.45) is 0 Å². The summed E-state index contributed by atoms with van der Waals surface area (Å²) in [5, 5.41) is 0.296. The highest BCUT2D eigenvalue weighted by Crippen LogP contribution is 2.36. The molecular weight excluding hydrogens is 216 g/mol. The van der Waals surface area contributed by atoms with Crippen LogP contribution in [0.2, 0.25) is 18.1 Å². The van der Waals surface area contributed by atoms with Gasteiger partial charge in [0, 0.05) is 0 Å². The predicted octanol–water partition coefficient (Wildman–Crippen LogP) is 3.38. The standard InChI is InChI=1S/C9H19ClOSi2/c1-9(2,3)13(4,5)11-7-6-8-12-10/h6,8H,7H2,1-5H3. The number of hydrogen-bond acceptors (Lipinski definition) is 1. The van der Waals surface area contributed by atoms with Gasteiger partial charge in [0.25, 0.3) is 0 Å². The fourth-order valence-corrected chi connectivity index (χ4v) is 1.96. The molecule has 0 aromatic rings. The smallest absolute Gasteiger partial charge is 0.202 e. The highest BCUT2D eigenvalue weighted by molar-refractivity contribution is 6.96. The minimum Gasteiger partial charge on any atom is -0.413 e. The molecule has 4 heteroatoms. The van der Waals surface area contributed by atoms with Crippen LogP contribution in [-0.2, 0) is 4.43 Å². The molecule has 0 aliphatic carbocycles. The van der Waals surface area contributed by atoms with Gasteiger partial charge in [-0.3, -0.25) is 0 Å². The summed E-state index contributed by atoms with van der Waals surface area (Å²) < 4.78 is 5.89. The summed E-state index contributed by atoms with van der Waals surface area (Å²) in [7, 11) is -1.18. The number of halogens is 1. The van der Waals surface area contributed by atoms with Gasteiger partial charge in [-0.05, 0) is 18.1 Å².